The Hall–Kier alpha value is -3.55. The number of aliphatic imine (C=N–C) groups is 1. The molecule has 0 aliphatic heterocycles. The van der Waals surface area contributed by atoms with Gasteiger partial charge in [-0.15, -0.1) is 0 Å². The Morgan fingerprint density at radius 1 is 1.06 bits per heavy atom. The molecule has 2 aromatic rings. The molecular weight excluding hydrogens is 396 g/mol. The van der Waals surface area contributed by atoms with Crippen molar-refractivity contribution in [1.29, 1.82) is 0 Å². The Morgan fingerprint density at radius 3 is 2.42 bits per heavy atom. The summed E-state index contributed by atoms with van der Waals surface area (Å²) in [5, 5.41) is 17.0. The molecule has 1 fully saturated rings. The second kappa shape index (κ2) is 11.0. The third kappa shape index (κ3) is 8.38. The van der Waals surface area contributed by atoms with Crippen LogP contribution in [-0.4, -0.2) is 36.2 Å². The molecule has 0 heterocycles. The molecule has 1 aliphatic rings. The fraction of sp³-hybridized carbons (Fsp3) is 0.348. The molecule has 1 aliphatic carbocycles. The summed E-state index contributed by atoms with van der Waals surface area (Å²) in [6.07, 6.45) is 2.32. The van der Waals surface area contributed by atoms with E-state index in [1.165, 1.54) is 12.8 Å². The van der Waals surface area contributed by atoms with Gasteiger partial charge >= 0.3 is 12.0 Å². The lowest BCUT2D eigenvalue weighted by molar-refractivity contribution is -0.136. The van der Waals surface area contributed by atoms with E-state index in [-0.39, 0.29) is 18.9 Å². The maximum absolute atomic E-state index is 12.1. The smallest absolute Gasteiger partial charge is 0.321 e. The first-order valence-corrected chi connectivity index (χ1v) is 10.4. The summed E-state index contributed by atoms with van der Waals surface area (Å²) in [6, 6.07) is 14.8. The Labute approximate surface area is 181 Å². The molecule has 0 atom stereocenters. The predicted octanol–water partition coefficient (Wildman–Crippen LogP) is 3.34. The Bertz CT molecular complexity index is 906. The SMILES string of the molecule is Cc1ccc(CN/C(=N/c2ccc(OCC3CC3)cc2)NC(=O)NCCC(=O)O)cc1. The van der Waals surface area contributed by atoms with E-state index >= 15 is 0 Å². The minimum Gasteiger partial charge on any atom is -0.493 e. The fourth-order valence-electron chi connectivity index (χ4n) is 2.68. The van der Waals surface area contributed by atoms with E-state index in [2.05, 4.69) is 20.9 Å². The van der Waals surface area contributed by atoms with Gasteiger partial charge in [-0.05, 0) is 55.5 Å². The van der Waals surface area contributed by atoms with E-state index in [1.54, 1.807) is 0 Å². The Balaban J connectivity index is 1.63. The third-order valence-electron chi connectivity index (χ3n) is 4.70. The number of carbonyl (C=O) groups is 2. The van der Waals surface area contributed by atoms with Crippen molar-refractivity contribution in [1.82, 2.24) is 16.0 Å². The number of carboxylic acids is 1. The average Bonchev–Trinajstić information content (AvgIpc) is 3.57. The van der Waals surface area contributed by atoms with E-state index in [9.17, 15) is 9.59 Å². The van der Waals surface area contributed by atoms with Crippen molar-refractivity contribution in [2.24, 2.45) is 10.9 Å². The molecule has 0 spiro atoms. The molecule has 1 saturated carbocycles. The van der Waals surface area contributed by atoms with Gasteiger partial charge in [-0.2, -0.15) is 0 Å². The van der Waals surface area contributed by atoms with Gasteiger partial charge in [0.25, 0.3) is 0 Å². The molecule has 4 N–H and O–H groups in total. The standard InChI is InChI=1S/C23H28N4O4/c1-16-2-4-17(5-3-16)14-25-22(27-23(30)24-13-12-21(28)29)26-19-8-10-20(11-9-19)31-15-18-6-7-18/h2-5,8-11,18H,6-7,12-15H2,1H3,(H,28,29)(H3,24,25,26,27,30). The molecule has 31 heavy (non-hydrogen) atoms. The van der Waals surface area contributed by atoms with Crippen LogP contribution in [0.2, 0.25) is 0 Å². The first kappa shape index (κ1) is 22.1. The van der Waals surface area contributed by atoms with Crippen LogP contribution in [0.15, 0.2) is 53.5 Å². The predicted molar refractivity (Wildman–Crippen MR) is 119 cm³/mol. The minimum atomic E-state index is -0.976. The fourth-order valence-corrected chi connectivity index (χ4v) is 2.68. The van der Waals surface area contributed by atoms with Crippen LogP contribution in [0.3, 0.4) is 0 Å². The Kier molecular flexibility index (Phi) is 7.86. The summed E-state index contributed by atoms with van der Waals surface area (Å²) in [5.41, 5.74) is 2.85. The monoisotopic (exact) mass is 424 g/mol. The van der Waals surface area contributed by atoms with Crippen molar-refractivity contribution >= 4 is 23.6 Å². The number of aliphatic carboxylic acids is 1. The van der Waals surface area contributed by atoms with Crippen molar-refractivity contribution in [2.45, 2.75) is 32.7 Å². The van der Waals surface area contributed by atoms with Crippen molar-refractivity contribution in [3.63, 3.8) is 0 Å². The van der Waals surface area contributed by atoms with Gasteiger partial charge in [0, 0.05) is 13.1 Å². The van der Waals surface area contributed by atoms with E-state index in [4.69, 9.17) is 9.84 Å². The van der Waals surface area contributed by atoms with Crippen LogP contribution in [0, 0.1) is 12.8 Å². The van der Waals surface area contributed by atoms with Crippen LogP contribution in [0.4, 0.5) is 10.5 Å². The summed E-state index contributed by atoms with van der Waals surface area (Å²) < 4.78 is 5.74. The zero-order chi connectivity index (χ0) is 22.1. The maximum Gasteiger partial charge on any atom is 0.321 e. The summed E-state index contributed by atoms with van der Waals surface area (Å²) >= 11 is 0. The van der Waals surface area contributed by atoms with Crippen molar-refractivity contribution in [3.05, 3.63) is 59.7 Å². The van der Waals surface area contributed by atoms with Crippen molar-refractivity contribution < 1.29 is 19.4 Å². The number of guanidine groups is 1. The van der Waals surface area contributed by atoms with Crippen LogP contribution in [0.5, 0.6) is 5.75 Å². The average molecular weight is 425 g/mol. The van der Waals surface area contributed by atoms with E-state index in [1.807, 2.05) is 55.5 Å². The van der Waals surface area contributed by atoms with Gasteiger partial charge in [0.05, 0.1) is 18.7 Å². The number of amides is 2. The highest BCUT2D eigenvalue weighted by molar-refractivity contribution is 5.97. The first-order chi connectivity index (χ1) is 15.0. The number of ether oxygens (including phenoxy) is 1. The van der Waals surface area contributed by atoms with Gasteiger partial charge < -0.3 is 20.5 Å². The van der Waals surface area contributed by atoms with Gasteiger partial charge in [-0.3, -0.25) is 10.1 Å². The number of carbonyl (C=O) groups excluding carboxylic acids is 1. The van der Waals surface area contributed by atoms with Crippen LogP contribution < -0.4 is 20.7 Å². The lowest BCUT2D eigenvalue weighted by Gasteiger charge is -2.13. The highest BCUT2D eigenvalue weighted by Gasteiger charge is 2.21. The highest BCUT2D eigenvalue weighted by Crippen LogP contribution is 2.29. The largest absolute Gasteiger partial charge is 0.493 e. The van der Waals surface area contributed by atoms with Gasteiger partial charge in [0.15, 0.2) is 0 Å². The summed E-state index contributed by atoms with van der Waals surface area (Å²) in [4.78, 5) is 27.2. The number of hydrogen-bond donors (Lipinski definition) is 4. The van der Waals surface area contributed by atoms with Crippen LogP contribution in [-0.2, 0) is 11.3 Å². The van der Waals surface area contributed by atoms with Crippen LogP contribution >= 0.6 is 0 Å². The van der Waals surface area contributed by atoms with Gasteiger partial charge in [0.2, 0.25) is 5.96 Å². The summed E-state index contributed by atoms with van der Waals surface area (Å²) in [6.45, 7) is 3.26. The van der Waals surface area contributed by atoms with E-state index < -0.39 is 12.0 Å². The van der Waals surface area contributed by atoms with Crippen LogP contribution in [0.25, 0.3) is 0 Å². The number of aryl methyl sites for hydroxylation is 1. The highest BCUT2D eigenvalue weighted by atomic mass is 16.5. The molecule has 3 rings (SSSR count). The number of rotatable bonds is 9. The van der Waals surface area contributed by atoms with E-state index in [0.29, 0.717) is 18.2 Å². The molecule has 0 bridgehead atoms. The normalized spacial score (nSPS) is 13.4. The lowest BCUT2D eigenvalue weighted by atomic mass is 10.1. The van der Waals surface area contributed by atoms with Gasteiger partial charge in [-0.1, -0.05) is 29.8 Å². The molecule has 2 amide bonds. The zero-order valence-electron chi connectivity index (χ0n) is 17.6. The maximum atomic E-state index is 12.1. The molecule has 0 saturated heterocycles. The van der Waals surface area contributed by atoms with Crippen molar-refractivity contribution in [2.75, 3.05) is 13.2 Å². The molecule has 8 nitrogen and oxygen atoms in total. The molecule has 0 radical (unpaired) electrons. The quantitative estimate of drug-likeness (QED) is 0.364. The van der Waals surface area contributed by atoms with Crippen LogP contribution in [0.1, 0.15) is 30.4 Å². The zero-order valence-corrected chi connectivity index (χ0v) is 17.6. The Morgan fingerprint density at radius 2 is 1.77 bits per heavy atom. The number of benzene rings is 2. The third-order valence-corrected chi connectivity index (χ3v) is 4.70. The molecule has 8 heteroatoms. The second-order valence-electron chi connectivity index (χ2n) is 7.57. The second-order valence-corrected chi connectivity index (χ2v) is 7.57. The first-order valence-electron chi connectivity index (χ1n) is 10.4. The molecule has 2 aromatic carbocycles. The van der Waals surface area contributed by atoms with E-state index in [0.717, 1.165) is 23.5 Å². The number of nitrogens with one attached hydrogen (secondary N) is 3. The number of urea groups is 1. The van der Waals surface area contributed by atoms with Gasteiger partial charge in [0.1, 0.15) is 5.75 Å². The molecule has 0 aromatic heterocycles. The molecular formula is C23H28N4O4. The topological polar surface area (TPSA) is 112 Å². The lowest BCUT2D eigenvalue weighted by Crippen LogP contribution is -2.46. The summed E-state index contributed by atoms with van der Waals surface area (Å²) in [5.74, 6) is 0.759. The number of carboxylic acid groups (broad SMARTS) is 1. The number of hydrogen-bond acceptors (Lipinski definition) is 4. The number of nitrogens with zero attached hydrogens (tertiary/aromatic N) is 1. The van der Waals surface area contributed by atoms with Crippen molar-refractivity contribution in [3.8, 4) is 5.75 Å². The van der Waals surface area contributed by atoms with Gasteiger partial charge in [-0.25, -0.2) is 9.79 Å². The summed E-state index contributed by atoms with van der Waals surface area (Å²) in [7, 11) is 0. The minimum absolute atomic E-state index is 0.0272. The molecule has 164 valence electrons. The molecule has 0 unspecified atom stereocenters.